The number of nitrogens with zero attached hydrogens (tertiary/aromatic N) is 4. The minimum Gasteiger partial charge on any atom is -0.338 e. The summed E-state index contributed by atoms with van der Waals surface area (Å²) >= 11 is 1.41. The second-order valence-corrected chi connectivity index (χ2v) is 7.67. The molecule has 25 heavy (non-hydrogen) atoms. The molecule has 2 atom stereocenters. The van der Waals surface area contributed by atoms with Crippen molar-refractivity contribution in [3.8, 4) is 0 Å². The van der Waals surface area contributed by atoms with E-state index in [2.05, 4.69) is 16.9 Å². The zero-order chi connectivity index (χ0) is 17.4. The van der Waals surface area contributed by atoms with Crippen LogP contribution in [0.5, 0.6) is 0 Å². The molecular weight excluding hydrogens is 336 g/mol. The number of rotatable bonds is 3. The maximum atomic E-state index is 13.2. The van der Waals surface area contributed by atoms with Gasteiger partial charge >= 0.3 is 0 Å². The molecule has 6 nitrogen and oxygen atoms in total. The van der Waals surface area contributed by atoms with E-state index in [0.717, 1.165) is 18.5 Å². The number of hydrogen-bond acceptors (Lipinski definition) is 5. The maximum Gasteiger partial charge on any atom is 0.273 e. The SMILES string of the molecule is C[C@H]1CN(C(=O)c2cscn2)C[C@@]12CCN(Cc1cccnc1)C2=O. The number of carbonyl (C=O) groups excluding carboxylic acids is 2. The van der Waals surface area contributed by atoms with E-state index in [-0.39, 0.29) is 17.7 Å². The fraction of sp³-hybridized carbons (Fsp3) is 0.444. The van der Waals surface area contributed by atoms with Crippen LogP contribution in [-0.4, -0.2) is 51.2 Å². The number of pyridine rings is 1. The summed E-state index contributed by atoms with van der Waals surface area (Å²) in [7, 11) is 0. The molecule has 0 N–H and O–H groups in total. The minimum absolute atomic E-state index is 0.0662. The Hall–Kier alpha value is -2.28. The van der Waals surface area contributed by atoms with Gasteiger partial charge in [0.25, 0.3) is 5.91 Å². The first-order chi connectivity index (χ1) is 12.1. The average molecular weight is 356 g/mol. The fourth-order valence-corrected chi connectivity index (χ4v) is 4.55. The fourth-order valence-electron chi connectivity index (χ4n) is 4.03. The van der Waals surface area contributed by atoms with Crippen molar-refractivity contribution in [3.63, 3.8) is 0 Å². The first-order valence-corrected chi connectivity index (χ1v) is 9.40. The number of hydrogen-bond donors (Lipinski definition) is 0. The Bertz CT molecular complexity index is 780. The summed E-state index contributed by atoms with van der Waals surface area (Å²) < 4.78 is 0. The van der Waals surface area contributed by atoms with Crippen molar-refractivity contribution in [1.29, 1.82) is 0 Å². The highest BCUT2D eigenvalue weighted by Gasteiger charge is 2.55. The molecule has 2 aromatic heterocycles. The van der Waals surface area contributed by atoms with Gasteiger partial charge in [-0.3, -0.25) is 14.6 Å². The zero-order valence-corrected chi connectivity index (χ0v) is 14.9. The summed E-state index contributed by atoms with van der Waals surface area (Å²) in [5.74, 6) is 0.252. The van der Waals surface area contributed by atoms with Crippen molar-refractivity contribution >= 4 is 23.2 Å². The lowest BCUT2D eigenvalue weighted by Crippen LogP contribution is -2.40. The zero-order valence-electron chi connectivity index (χ0n) is 14.1. The van der Waals surface area contributed by atoms with Crippen molar-refractivity contribution in [2.45, 2.75) is 19.9 Å². The van der Waals surface area contributed by atoms with Crippen LogP contribution in [0.1, 0.15) is 29.4 Å². The number of aromatic nitrogens is 2. The van der Waals surface area contributed by atoms with Gasteiger partial charge in [-0.25, -0.2) is 4.98 Å². The van der Waals surface area contributed by atoms with Gasteiger partial charge in [0.15, 0.2) is 0 Å². The summed E-state index contributed by atoms with van der Waals surface area (Å²) in [6.45, 7) is 4.51. The second kappa shape index (κ2) is 6.22. The highest BCUT2D eigenvalue weighted by atomic mass is 32.1. The van der Waals surface area contributed by atoms with Gasteiger partial charge in [0.05, 0.1) is 10.9 Å². The second-order valence-electron chi connectivity index (χ2n) is 6.95. The lowest BCUT2D eigenvalue weighted by atomic mass is 9.78. The van der Waals surface area contributed by atoms with Crippen LogP contribution in [-0.2, 0) is 11.3 Å². The monoisotopic (exact) mass is 356 g/mol. The molecule has 7 heteroatoms. The molecule has 0 radical (unpaired) electrons. The maximum absolute atomic E-state index is 13.2. The van der Waals surface area contributed by atoms with E-state index in [9.17, 15) is 9.59 Å². The Morgan fingerprint density at radius 1 is 1.48 bits per heavy atom. The molecular formula is C18H20N4O2S. The average Bonchev–Trinajstić information content (AvgIpc) is 3.33. The van der Waals surface area contributed by atoms with Crippen molar-refractivity contribution in [1.82, 2.24) is 19.8 Å². The number of thiazole rings is 1. The lowest BCUT2D eigenvalue weighted by Gasteiger charge is -2.26. The van der Waals surface area contributed by atoms with Crippen molar-refractivity contribution in [2.75, 3.05) is 19.6 Å². The summed E-state index contributed by atoms with van der Waals surface area (Å²) in [5.41, 5.74) is 2.73. The van der Waals surface area contributed by atoms with E-state index in [1.54, 1.807) is 28.2 Å². The van der Waals surface area contributed by atoms with Crippen molar-refractivity contribution in [3.05, 3.63) is 46.7 Å². The Balaban J connectivity index is 1.50. The van der Waals surface area contributed by atoms with E-state index >= 15 is 0 Å². The molecule has 4 heterocycles. The molecule has 0 unspecified atom stereocenters. The Morgan fingerprint density at radius 3 is 3.08 bits per heavy atom. The first-order valence-electron chi connectivity index (χ1n) is 8.46. The molecule has 2 fully saturated rings. The quantitative estimate of drug-likeness (QED) is 0.844. The topological polar surface area (TPSA) is 66.4 Å². The lowest BCUT2D eigenvalue weighted by molar-refractivity contribution is -0.137. The third-order valence-corrected chi connectivity index (χ3v) is 6.07. The largest absolute Gasteiger partial charge is 0.338 e. The molecule has 0 saturated carbocycles. The Morgan fingerprint density at radius 2 is 2.36 bits per heavy atom. The third kappa shape index (κ3) is 2.72. The predicted octanol–water partition coefficient (Wildman–Crippen LogP) is 2.05. The Labute approximate surface area is 150 Å². The standard InChI is InChI=1S/C18H20N4O2S/c1-13-8-22(16(23)15-10-25-12-20-15)11-18(13)4-6-21(17(18)24)9-14-3-2-5-19-7-14/h2-3,5,7,10,12-13H,4,6,8-9,11H2,1H3/t13-,18-/m0/s1. The summed E-state index contributed by atoms with van der Waals surface area (Å²) in [5, 5.41) is 1.77. The van der Waals surface area contributed by atoms with Gasteiger partial charge in [-0.2, -0.15) is 0 Å². The van der Waals surface area contributed by atoms with Gasteiger partial charge in [-0.15, -0.1) is 11.3 Å². The van der Waals surface area contributed by atoms with E-state index in [4.69, 9.17) is 0 Å². The number of likely N-dealkylation sites (tertiary alicyclic amines) is 2. The summed E-state index contributed by atoms with van der Waals surface area (Å²) in [6, 6.07) is 3.87. The van der Waals surface area contributed by atoms with Gasteiger partial charge in [-0.05, 0) is 24.0 Å². The predicted molar refractivity (Wildman–Crippen MR) is 93.9 cm³/mol. The van der Waals surface area contributed by atoms with Gasteiger partial charge in [0, 0.05) is 44.0 Å². The van der Waals surface area contributed by atoms with E-state index in [1.807, 2.05) is 17.0 Å². The van der Waals surface area contributed by atoms with Crippen LogP contribution in [0, 0.1) is 11.3 Å². The van der Waals surface area contributed by atoms with Crippen LogP contribution in [0.2, 0.25) is 0 Å². The summed E-state index contributed by atoms with van der Waals surface area (Å²) in [4.78, 5) is 37.7. The first kappa shape index (κ1) is 16.2. The molecule has 0 bridgehead atoms. The number of carbonyl (C=O) groups is 2. The molecule has 2 aliphatic rings. The molecule has 2 amide bonds. The van der Waals surface area contributed by atoms with Crippen molar-refractivity contribution < 1.29 is 9.59 Å². The molecule has 1 spiro atoms. The van der Waals surface area contributed by atoms with E-state index in [1.165, 1.54) is 11.3 Å². The highest BCUT2D eigenvalue weighted by molar-refractivity contribution is 7.07. The minimum atomic E-state index is -0.451. The molecule has 2 saturated heterocycles. The van der Waals surface area contributed by atoms with Crippen LogP contribution in [0.3, 0.4) is 0 Å². The molecule has 0 aromatic carbocycles. The van der Waals surface area contributed by atoms with Gasteiger partial charge in [0.2, 0.25) is 5.91 Å². The van der Waals surface area contributed by atoms with Crippen LogP contribution in [0.25, 0.3) is 0 Å². The van der Waals surface area contributed by atoms with Crippen LogP contribution in [0.4, 0.5) is 0 Å². The van der Waals surface area contributed by atoms with Gasteiger partial charge in [-0.1, -0.05) is 13.0 Å². The molecule has 130 valence electrons. The van der Waals surface area contributed by atoms with Crippen LogP contribution < -0.4 is 0 Å². The Kier molecular flexibility index (Phi) is 4.03. The molecule has 2 aliphatic heterocycles. The van der Waals surface area contributed by atoms with E-state index < -0.39 is 5.41 Å². The van der Waals surface area contributed by atoms with Gasteiger partial charge in [0.1, 0.15) is 5.69 Å². The smallest absolute Gasteiger partial charge is 0.273 e. The normalized spacial score (nSPS) is 26.0. The molecule has 0 aliphatic carbocycles. The van der Waals surface area contributed by atoms with Gasteiger partial charge < -0.3 is 9.80 Å². The highest BCUT2D eigenvalue weighted by Crippen LogP contribution is 2.45. The van der Waals surface area contributed by atoms with Crippen molar-refractivity contribution in [2.24, 2.45) is 11.3 Å². The summed E-state index contributed by atoms with van der Waals surface area (Å²) in [6.07, 6.45) is 4.33. The van der Waals surface area contributed by atoms with Crippen LogP contribution >= 0.6 is 11.3 Å². The number of amides is 2. The van der Waals surface area contributed by atoms with Crippen LogP contribution in [0.15, 0.2) is 35.4 Å². The molecule has 4 rings (SSSR count). The van der Waals surface area contributed by atoms with E-state index in [0.29, 0.717) is 25.3 Å². The molecule has 2 aromatic rings. The third-order valence-electron chi connectivity index (χ3n) is 5.49.